The predicted molar refractivity (Wildman–Crippen MR) is 78.7 cm³/mol. The highest BCUT2D eigenvalue weighted by Crippen LogP contribution is 2.21. The van der Waals surface area contributed by atoms with Gasteiger partial charge in [0.25, 0.3) is 5.56 Å². The Balaban J connectivity index is 2.16. The van der Waals surface area contributed by atoms with Crippen LogP contribution in [-0.2, 0) is 9.59 Å². The van der Waals surface area contributed by atoms with Crippen molar-refractivity contribution in [3.63, 3.8) is 0 Å². The second kappa shape index (κ2) is 5.25. The Kier molecular flexibility index (Phi) is 3.40. The van der Waals surface area contributed by atoms with Crippen LogP contribution in [0.25, 0.3) is 10.9 Å². The molecule has 2 aromatic rings. The lowest BCUT2D eigenvalue weighted by molar-refractivity contribution is -0.135. The summed E-state index contributed by atoms with van der Waals surface area (Å²) in [5.74, 6) is 0.263. The SMILES string of the molecule is COc1ccc2c(=O)n(C3CCC(=O)NC3=O)c(C)nc2c1. The number of imide groups is 1. The van der Waals surface area contributed by atoms with Crippen molar-refractivity contribution in [2.45, 2.75) is 25.8 Å². The highest BCUT2D eigenvalue weighted by molar-refractivity contribution is 5.99. The van der Waals surface area contributed by atoms with Crippen molar-refractivity contribution in [1.29, 1.82) is 0 Å². The first-order valence-corrected chi connectivity index (χ1v) is 6.92. The molecule has 0 saturated carbocycles. The van der Waals surface area contributed by atoms with Gasteiger partial charge in [-0.1, -0.05) is 0 Å². The summed E-state index contributed by atoms with van der Waals surface area (Å²) in [6.45, 7) is 1.67. The molecule has 1 aliphatic heterocycles. The van der Waals surface area contributed by atoms with Crippen molar-refractivity contribution in [1.82, 2.24) is 14.9 Å². The first-order valence-electron chi connectivity index (χ1n) is 6.92. The standard InChI is InChI=1S/C15H15N3O4/c1-8-16-11-7-9(22-2)3-4-10(11)15(21)18(8)12-5-6-13(19)17-14(12)20/h3-4,7,12H,5-6H2,1-2H3,(H,17,19,20). The van der Waals surface area contributed by atoms with Crippen LogP contribution in [0.1, 0.15) is 24.7 Å². The Morgan fingerprint density at radius 3 is 2.77 bits per heavy atom. The van der Waals surface area contributed by atoms with E-state index >= 15 is 0 Å². The fraction of sp³-hybridized carbons (Fsp3) is 0.333. The van der Waals surface area contributed by atoms with Crippen molar-refractivity contribution >= 4 is 22.7 Å². The number of nitrogens with one attached hydrogen (secondary N) is 1. The normalized spacial score (nSPS) is 18.4. The second-order valence-corrected chi connectivity index (χ2v) is 5.18. The van der Waals surface area contributed by atoms with Gasteiger partial charge in [-0.2, -0.15) is 0 Å². The van der Waals surface area contributed by atoms with E-state index in [2.05, 4.69) is 10.3 Å². The third-order valence-corrected chi connectivity index (χ3v) is 3.81. The first-order chi connectivity index (χ1) is 10.5. The van der Waals surface area contributed by atoms with Gasteiger partial charge in [0.1, 0.15) is 17.6 Å². The number of aryl methyl sites for hydroxylation is 1. The van der Waals surface area contributed by atoms with Crippen molar-refractivity contribution in [2.75, 3.05) is 7.11 Å². The Morgan fingerprint density at radius 1 is 1.32 bits per heavy atom. The average Bonchev–Trinajstić information content (AvgIpc) is 2.48. The number of carbonyl (C=O) groups excluding carboxylic acids is 2. The van der Waals surface area contributed by atoms with Crippen LogP contribution in [-0.4, -0.2) is 28.5 Å². The van der Waals surface area contributed by atoms with Gasteiger partial charge in [-0.15, -0.1) is 0 Å². The summed E-state index contributed by atoms with van der Waals surface area (Å²) in [6, 6.07) is 4.28. The number of fused-ring (bicyclic) bond motifs is 1. The molecule has 1 aliphatic rings. The summed E-state index contributed by atoms with van der Waals surface area (Å²) >= 11 is 0. The van der Waals surface area contributed by atoms with Crippen LogP contribution < -0.4 is 15.6 Å². The van der Waals surface area contributed by atoms with Crippen LogP contribution in [0, 0.1) is 6.92 Å². The zero-order chi connectivity index (χ0) is 15.9. The number of aromatic nitrogens is 2. The van der Waals surface area contributed by atoms with Crippen LogP contribution in [0.3, 0.4) is 0 Å². The molecule has 1 aromatic heterocycles. The number of hydrogen-bond acceptors (Lipinski definition) is 5. The molecule has 114 valence electrons. The molecule has 1 aromatic carbocycles. The summed E-state index contributed by atoms with van der Waals surface area (Å²) in [4.78, 5) is 40.3. The van der Waals surface area contributed by atoms with Crippen molar-refractivity contribution in [3.8, 4) is 5.75 Å². The van der Waals surface area contributed by atoms with E-state index in [9.17, 15) is 14.4 Å². The van der Waals surface area contributed by atoms with Gasteiger partial charge in [0.05, 0.1) is 18.0 Å². The molecular formula is C15H15N3O4. The van der Waals surface area contributed by atoms with Crippen molar-refractivity contribution in [3.05, 3.63) is 34.4 Å². The predicted octanol–water partition coefficient (Wildman–Crippen LogP) is 0.691. The monoisotopic (exact) mass is 301 g/mol. The maximum atomic E-state index is 12.7. The zero-order valence-corrected chi connectivity index (χ0v) is 12.3. The van der Waals surface area contributed by atoms with E-state index in [1.807, 2.05) is 0 Å². The fourth-order valence-electron chi connectivity index (χ4n) is 2.71. The third-order valence-electron chi connectivity index (χ3n) is 3.81. The molecule has 7 heteroatoms. The largest absolute Gasteiger partial charge is 0.497 e. The van der Waals surface area contributed by atoms with Gasteiger partial charge >= 0.3 is 0 Å². The maximum Gasteiger partial charge on any atom is 0.262 e. The van der Waals surface area contributed by atoms with E-state index in [4.69, 9.17) is 4.74 Å². The molecular weight excluding hydrogens is 286 g/mol. The Labute approximate surface area is 125 Å². The topological polar surface area (TPSA) is 90.3 Å². The molecule has 1 atom stereocenters. The third kappa shape index (κ3) is 2.24. The smallest absolute Gasteiger partial charge is 0.262 e. The number of hydrogen-bond donors (Lipinski definition) is 1. The number of ether oxygens (including phenoxy) is 1. The lowest BCUT2D eigenvalue weighted by Gasteiger charge is -2.24. The van der Waals surface area contributed by atoms with Crippen LogP contribution in [0.5, 0.6) is 5.75 Å². The summed E-state index contributed by atoms with van der Waals surface area (Å²) in [7, 11) is 1.54. The number of carbonyl (C=O) groups is 2. The number of piperidine rings is 1. The van der Waals surface area contributed by atoms with Gasteiger partial charge < -0.3 is 4.74 Å². The summed E-state index contributed by atoms with van der Waals surface area (Å²) < 4.78 is 6.48. The van der Waals surface area contributed by atoms with Crippen LogP contribution in [0.4, 0.5) is 0 Å². The van der Waals surface area contributed by atoms with Crippen LogP contribution >= 0.6 is 0 Å². The molecule has 0 radical (unpaired) electrons. The molecule has 1 N–H and O–H groups in total. The lowest BCUT2D eigenvalue weighted by atomic mass is 10.1. The Morgan fingerprint density at radius 2 is 2.09 bits per heavy atom. The molecule has 0 aliphatic carbocycles. The minimum Gasteiger partial charge on any atom is -0.497 e. The summed E-state index contributed by atoms with van der Waals surface area (Å²) in [5, 5.41) is 2.68. The van der Waals surface area contributed by atoms with E-state index in [1.54, 1.807) is 32.2 Å². The molecule has 0 spiro atoms. The summed E-state index contributed by atoms with van der Waals surface area (Å²) in [5.41, 5.74) is 0.227. The summed E-state index contributed by atoms with van der Waals surface area (Å²) in [6.07, 6.45) is 0.512. The molecule has 22 heavy (non-hydrogen) atoms. The lowest BCUT2D eigenvalue weighted by Crippen LogP contribution is -2.45. The highest BCUT2D eigenvalue weighted by atomic mass is 16.5. The van der Waals surface area contributed by atoms with Gasteiger partial charge in [0, 0.05) is 12.5 Å². The quantitative estimate of drug-likeness (QED) is 0.824. The number of amides is 2. The molecule has 3 rings (SSSR count). The molecule has 1 saturated heterocycles. The minimum absolute atomic E-state index is 0.211. The molecule has 0 bridgehead atoms. The van der Waals surface area contributed by atoms with Gasteiger partial charge in [-0.25, -0.2) is 4.98 Å². The Hall–Kier alpha value is -2.70. The van der Waals surface area contributed by atoms with Gasteiger partial charge in [-0.3, -0.25) is 24.3 Å². The molecule has 2 amide bonds. The van der Waals surface area contributed by atoms with E-state index in [-0.39, 0.29) is 17.9 Å². The number of nitrogens with zero attached hydrogens (tertiary/aromatic N) is 2. The van der Waals surface area contributed by atoms with Gasteiger partial charge in [-0.05, 0) is 25.5 Å². The second-order valence-electron chi connectivity index (χ2n) is 5.18. The fourth-order valence-corrected chi connectivity index (χ4v) is 2.71. The minimum atomic E-state index is -0.704. The van der Waals surface area contributed by atoms with E-state index in [1.165, 1.54) is 4.57 Å². The number of methoxy groups -OCH3 is 1. The van der Waals surface area contributed by atoms with Crippen molar-refractivity contribution < 1.29 is 14.3 Å². The van der Waals surface area contributed by atoms with E-state index < -0.39 is 11.9 Å². The maximum absolute atomic E-state index is 12.7. The Bertz CT molecular complexity index is 841. The molecule has 1 unspecified atom stereocenters. The zero-order valence-electron chi connectivity index (χ0n) is 12.3. The highest BCUT2D eigenvalue weighted by Gasteiger charge is 2.30. The van der Waals surface area contributed by atoms with E-state index in [0.717, 1.165) is 0 Å². The average molecular weight is 301 g/mol. The van der Waals surface area contributed by atoms with Crippen LogP contribution in [0.15, 0.2) is 23.0 Å². The molecule has 2 heterocycles. The van der Waals surface area contributed by atoms with Gasteiger partial charge in [0.2, 0.25) is 11.8 Å². The number of rotatable bonds is 2. The van der Waals surface area contributed by atoms with Crippen LogP contribution in [0.2, 0.25) is 0 Å². The van der Waals surface area contributed by atoms with Crippen molar-refractivity contribution in [2.24, 2.45) is 0 Å². The van der Waals surface area contributed by atoms with Gasteiger partial charge in [0.15, 0.2) is 0 Å². The first kappa shape index (κ1) is 14.2. The molecule has 1 fully saturated rings. The number of benzene rings is 1. The van der Waals surface area contributed by atoms with E-state index in [0.29, 0.717) is 28.9 Å². The molecule has 7 nitrogen and oxygen atoms in total.